The van der Waals surface area contributed by atoms with Crippen molar-refractivity contribution in [2.24, 2.45) is 5.92 Å². The lowest BCUT2D eigenvalue weighted by atomic mass is 9.95. The molecule has 0 heterocycles. The molecule has 41 heavy (non-hydrogen) atoms. The molecule has 1 aromatic carbocycles. The first-order valence-electron chi connectivity index (χ1n) is 12.8. The highest BCUT2D eigenvalue weighted by Crippen LogP contribution is 2.31. The number of rotatable bonds is 19. The summed E-state index contributed by atoms with van der Waals surface area (Å²) in [6.07, 6.45) is 2.97. The molecule has 1 fully saturated rings. The summed E-state index contributed by atoms with van der Waals surface area (Å²) in [7, 11) is 0. The molecular formula is C25H34N4O12. The lowest BCUT2D eigenvalue weighted by Gasteiger charge is -2.38. The Balaban J connectivity index is 2.42. The zero-order chi connectivity index (χ0) is 30.7. The van der Waals surface area contributed by atoms with Crippen LogP contribution in [0, 0.1) is 16.0 Å². The molecule has 1 aromatic rings. The van der Waals surface area contributed by atoms with E-state index < -0.39 is 72.5 Å². The number of carbonyl (C=O) groups is 5. The lowest BCUT2D eigenvalue weighted by Crippen LogP contribution is -2.56. The average molecular weight is 583 g/mol. The van der Waals surface area contributed by atoms with E-state index in [9.17, 15) is 59.6 Å². The molecule has 1 saturated carbocycles. The van der Waals surface area contributed by atoms with Crippen molar-refractivity contribution in [1.82, 2.24) is 15.1 Å². The summed E-state index contributed by atoms with van der Waals surface area (Å²) in [5.74, 6) is -7.29. The number of nitrogens with zero attached hydrogens (tertiary/aromatic N) is 3. The van der Waals surface area contributed by atoms with Gasteiger partial charge in [0.1, 0.15) is 0 Å². The van der Waals surface area contributed by atoms with Gasteiger partial charge in [-0.1, -0.05) is 25.0 Å². The van der Waals surface area contributed by atoms with Crippen LogP contribution >= 0.6 is 0 Å². The second-order valence-electron chi connectivity index (χ2n) is 9.99. The Labute approximate surface area is 234 Å². The van der Waals surface area contributed by atoms with Crippen molar-refractivity contribution in [2.75, 3.05) is 32.7 Å². The Morgan fingerprint density at radius 2 is 1.37 bits per heavy atom. The molecular weight excluding hydrogens is 548 g/mol. The standard InChI is InChI=1S/C25H34N4O12/c30-20(31)12-27(11-19(16-3-1-2-4-16)28(13-21(32)33)14-22(34)35)10-17(26-23(24(36)37)25(38)39)9-15-5-7-18(8-6-15)29(40)41/h5-8,16-17,19,23,26H,1-4,9-14H2,(H,30,31)(H,32,33)(H,34,35)(H,36,37)(H,38,39). The van der Waals surface area contributed by atoms with Crippen molar-refractivity contribution in [3.63, 3.8) is 0 Å². The summed E-state index contributed by atoms with van der Waals surface area (Å²) in [5.41, 5.74) is 0.277. The second-order valence-corrected chi connectivity index (χ2v) is 9.99. The van der Waals surface area contributed by atoms with Gasteiger partial charge in [0.15, 0.2) is 0 Å². The van der Waals surface area contributed by atoms with Crippen LogP contribution in [0.1, 0.15) is 31.2 Å². The molecule has 0 aliphatic heterocycles. The number of benzene rings is 1. The molecule has 1 aliphatic rings. The molecule has 6 N–H and O–H groups in total. The van der Waals surface area contributed by atoms with Gasteiger partial charge in [-0.05, 0) is 30.7 Å². The summed E-state index contributed by atoms with van der Waals surface area (Å²) in [5, 5.41) is 60.8. The van der Waals surface area contributed by atoms with Crippen LogP contribution in [0.15, 0.2) is 24.3 Å². The summed E-state index contributed by atoms with van der Waals surface area (Å²) < 4.78 is 0. The number of nitrogens with one attached hydrogen (secondary N) is 1. The number of aliphatic carboxylic acids is 5. The predicted molar refractivity (Wildman–Crippen MR) is 139 cm³/mol. The first-order chi connectivity index (χ1) is 19.3. The van der Waals surface area contributed by atoms with E-state index >= 15 is 0 Å². The van der Waals surface area contributed by atoms with Crippen molar-refractivity contribution in [1.29, 1.82) is 0 Å². The van der Waals surface area contributed by atoms with Gasteiger partial charge < -0.3 is 25.5 Å². The summed E-state index contributed by atoms with van der Waals surface area (Å²) in [6, 6.07) is 1.56. The Morgan fingerprint density at radius 1 is 0.854 bits per heavy atom. The Morgan fingerprint density at radius 3 is 1.80 bits per heavy atom. The molecule has 16 nitrogen and oxygen atoms in total. The van der Waals surface area contributed by atoms with Crippen LogP contribution in [0.25, 0.3) is 0 Å². The minimum atomic E-state index is -2.05. The third-order valence-electron chi connectivity index (χ3n) is 6.90. The monoisotopic (exact) mass is 582 g/mol. The van der Waals surface area contributed by atoms with Gasteiger partial charge >= 0.3 is 29.8 Å². The molecule has 2 unspecified atom stereocenters. The van der Waals surface area contributed by atoms with Crippen LogP contribution in [0.3, 0.4) is 0 Å². The molecule has 1 aliphatic carbocycles. The maximum absolute atomic E-state index is 11.8. The molecule has 0 bridgehead atoms. The van der Waals surface area contributed by atoms with Crippen LogP contribution in [-0.4, -0.2) is 121 Å². The molecule has 0 aromatic heterocycles. The fraction of sp³-hybridized carbons (Fsp3) is 0.560. The van der Waals surface area contributed by atoms with E-state index in [0.29, 0.717) is 18.4 Å². The van der Waals surface area contributed by atoms with Gasteiger partial charge in [0.05, 0.1) is 24.6 Å². The highest BCUT2D eigenvalue weighted by molar-refractivity contribution is 5.97. The Bertz CT molecular complexity index is 1080. The van der Waals surface area contributed by atoms with Gasteiger partial charge in [0.2, 0.25) is 6.04 Å². The zero-order valence-electron chi connectivity index (χ0n) is 22.1. The zero-order valence-corrected chi connectivity index (χ0v) is 22.1. The SMILES string of the molecule is O=C(O)CN(CC(Cc1ccc([N+](=O)[O-])cc1)NC(C(=O)O)C(=O)O)CC(C1CCCC1)N(CC(=O)O)CC(=O)O. The number of nitro benzene ring substituents is 1. The highest BCUT2D eigenvalue weighted by Gasteiger charge is 2.35. The first-order valence-corrected chi connectivity index (χ1v) is 12.8. The largest absolute Gasteiger partial charge is 0.480 e. The van der Waals surface area contributed by atoms with E-state index in [1.165, 1.54) is 34.1 Å². The molecule has 0 amide bonds. The molecule has 2 rings (SSSR count). The van der Waals surface area contributed by atoms with Gasteiger partial charge in [0.25, 0.3) is 5.69 Å². The van der Waals surface area contributed by atoms with Crippen molar-refractivity contribution >= 4 is 35.5 Å². The maximum Gasteiger partial charge on any atom is 0.332 e. The quantitative estimate of drug-likeness (QED) is 0.0716. The molecule has 16 heteroatoms. The second kappa shape index (κ2) is 15.6. The summed E-state index contributed by atoms with van der Waals surface area (Å²) >= 11 is 0. The number of hydrogen-bond acceptors (Lipinski definition) is 10. The van der Waals surface area contributed by atoms with Crippen molar-refractivity contribution < 1.29 is 54.4 Å². The first kappa shape index (κ1) is 33.1. The van der Waals surface area contributed by atoms with E-state index in [1.807, 2.05) is 0 Å². The molecule has 2 atom stereocenters. The topological polar surface area (TPSA) is 248 Å². The molecule has 226 valence electrons. The predicted octanol–water partition coefficient (Wildman–Crippen LogP) is 0.0499. The molecule has 0 spiro atoms. The number of non-ortho nitro benzene ring substituents is 1. The van der Waals surface area contributed by atoms with Crippen molar-refractivity contribution in [2.45, 2.75) is 50.2 Å². The fourth-order valence-electron chi connectivity index (χ4n) is 5.21. The van der Waals surface area contributed by atoms with Crippen LogP contribution < -0.4 is 5.32 Å². The van der Waals surface area contributed by atoms with Crippen LogP contribution in [0.5, 0.6) is 0 Å². The van der Waals surface area contributed by atoms with E-state index in [1.54, 1.807) is 0 Å². The van der Waals surface area contributed by atoms with Gasteiger partial charge in [-0.25, -0.2) is 9.59 Å². The minimum Gasteiger partial charge on any atom is -0.480 e. The highest BCUT2D eigenvalue weighted by atomic mass is 16.6. The van der Waals surface area contributed by atoms with E-state index in [2.05, 4.69) is 5.32 Å². The summed E-state index contributed by atoms with van der Waals surface area (Å²) in [6.45, 7) is -2.07. The molecule has 0 radical (unpaired) electrons. The normalized spacial score (nSPS) is 15.2. The van der Waals surface area contributed by atoms with Crippen molar-refractivity contribution in [3.8, 4) is 0 Å². The maximum atomic E-state index is 11.8. The number of carboxylic acid groups (broad SMARTS) is 5. The smallest absolute Gasteiger partial charge is 0.332 e. The van der Waals surface area contributed by atoms with Gasteiger partial charge in [0, 0.05) is 37.3 Å². The van der Waals surface area contributed by atoms with Crippen LogP contribution in [0.4, 0.5) is 5.69 Å². The van der Waals surface area contributed by atoms with Gasteiger partial charge in [-0.3, -0.25) is 39.6 Å². The average Bonchev–Trinajstić information content (AvgIpc) is 3.38. The van der Waals surface area contributed by atoms with Gasteiger partial charge in [-0.15, -0.1) is 0 Å². The van der Waals surface area contributed by atoms with Gasteiger partial charge in [-0.2, -0.15) is 0 Å². The third kappa shape index (κ3) is 11.1. The van der Waals surface area contributed by atoms with Crippen LogP contribution in [-0.2, 0) is 30.4 Å². The minimum absolute atomic E-state index is 0.0345. The molecule has 0 saturated heterocycles. The summed E-state index contributed by atoms with van der Waals surface area (Å²) in [4.78, 5) is 71.2. The number of carboxylic acids is 5. The van der Waals surface area contributed by atoms with E-state index in [4.69, 9.17) is 0 Å². The van der Waals surface area contributed by atoms with E-state index in [-0.39, 0.29) is 31.1 Å². The Hall–Kier alpha value is -4.15. The van der Waals surface area contributed by atoms with Crippen LogP contribution in [0.2, 0.25) is 0 Å². The lowest BCUT2D eigenvalue weighted by molar-refractivity contribution is -0.384. The fourth-order valence-corrected chi connectivity index (χ4v) is 5.21. The number of hydrogen-bond donors (Lipinski definition) is 6. The van der Waals surface area contributed by atoms with Crippen molar-refractivity contribution in [3.05, 3.63) is 39.9 Å². The van der Waals surface area contributed by atoms with E-state index in [0.717, 1.165) is 12.8 Å². The Kier molecular flexibility index (Phi) is 12.6. The third-order valence-corrected chi connectivity index (χ3v) is 6.90. The number of nitro groups is 1.